The van der Waals surface area contributed by atoms with Crippen LogP contribution in [0.5, 0.6) is 0 Å². The molecule has 0 bridgehead atoms. The molecule has 0 saturated carbocycles. The van der Waals surface area contributed by atoms with Gasteiger partial charge < -0.3 is 9.64 Å². The Kier molecular flexibility index (Phi) is 5.68. The van der Waals surface area contributed by atoms with E-state index < -0.39 is 0 Å². The van der Waals surface area contributed by atoms with E-state index in [-0.39, 0.29) is 17.9 Å². The molecule has 5 nitrogen and oxygen atoms in total. The zero-order valence-corrected chi connectivity index (χ0v) is 16.6. The summed E-state index contributed by atoms with van der Waals surface area (Å²) in [7, 11) is 1.84. The zero-order chi connectivity index (χ0) is 18.8. The van der Waals surface area contributed by atoms with Crippen LogP contribution in [0, 0.1) is 19.8 Å². The Bertz CT molecular complexity index is 802. The van der Waals surface area contributed by atoms with Gasteiger partial charge in [-0.25, -0.2) is 0 Å². The van der Waals surface area contributed by atoms with Gasteiger partial charge in [0.05, 0.1) is 42.0 Å². The summed E-state index contributed by atoms with van der Waals surface area (Å²) in [5.74, 6) is -0.103. The number of nitrogens with zero attached hydrogens (tertiary/aromatic N) is 3. The van der Waals surface area contributed by atoms with Crippen LogP contribution < -0.4 is 0 Å². The quantitative estimate of drug-likeness (QED) is 0.802. The number of aryl methyl sites for hydroxylation is 1. The highest BCUT2D eigenvalue weighted by Gasteiger charge is 2.26. The molecule has 1 aliphatic heterocycles. The number of fused-ring (bicyclic) bond motifs is 1. The van der Waals surface area contributed by atoms with Crippen LogP contribution >= 0.6 is 11.6 Å². The largest absolute Gasteiger partial charge is 0.371 e. The number of likely N-dealkylation sites (N-methyl/N-ethyl adjacent to an activating group) is 1. The van der Waals surface area contributed by atoms with Crippen molar-refractivity contribution in [3.05, 3.63) is 51.8 Å². The smallest absolute Gasteiger partial charge is 0.227 e. The van der Waals surface area contributed by atoms with Crippen molar-refractivity contribution in [2.24, 2.45) is 5.92 Å². The molecule has 1 amide bonds. The molecule has 0 N–H and O–H groups in total. The molecule has 1 aliphatic rings. The minimum absolute atomic E-state index is 0.0655. The molecule has 0 saturated heterocycles. The normalized spacial score (nSPS) is 17.7. The van der Waals surface area contributed by atoms with Gasteiger partial charge in [0.15, 0.2) is 0 Å². The molecule has 1 aromatic carbocycles. The van der Waals surface area contributed by atoms with Crippen molar-refractivity contribution in [1.29, 1.82) is 0 Å². The predicted octanol–water partition coefficient (Wildman–Crippen LogP) is 3.56. The van der Waals surface area contributed by atoms with E-state index >= 15 is 0 Å². The molecule has 0 radical (unpaired) electrons. The van der Waals surface area contributed by atoms with Gasteiger partial charge in [-0.1, -0.05) is 42.8 Å². The van der Waals surface area contributed by atoms with Gasteiger partial charge >= 0.3 is 0 Å². The molecule has 26 heavy (non-hydrogen) atoms. The predicted molar refractivity (Wildman–Crippen MR) is 102 cm³/mol. The number of hydrogen-bond donors (Lipinski definition) is 0. The molecule has 2 aromatic rings. The minimum atomic E-state index is -0.187. The van der Waals surface area contributed by atoms with E-state index in [4.69, 9.17) is 16.3 Å². The highest BCUT2D eigenvalue weighted by molar-refractivity contribution is 6.31. The van der Waals surface area contributed by atoms with Gasteiger partial charge in [-0.2, -0.15) is 5.10 Å². The van der Waals surface area contributed by atoms with Crippen molar-refractivity contribution >= 4 is 17.5 Å². The van der Waals surface area contributed by atoms with Crippen molar-refractivity contribution in [2.45, 2.75) is 39.8 Å². The molecule has 1 aromatic heterocycles. The van der Waals surface area contributed by atoms with Gasteiger partial charge in [-0.15, -0.1) is 0 Å². The first-order valence-corrected chi connectivity index (χ1v) is 9.40. The van der Waals surface area contributed by atoms with Gasteiger partial charge in [-0.05, 0) is 31.4 Å². The van der Waals surface area contributed by atoms with Crippen molar-refractivity contribution in [2.75, 3.05) is 20.2 Å². The lowest BCUT2D eigenvalue weighted by atomic mass is 9.97. The van der Waals surface area contributed by atoms with Crippen LogP contribution in [-0.4, -0.2) is 40.8 Å². The van der Waals surface area contributed by atoms with Gasteiger partial charge in [-0.3, -0.25) is 9.48 Å². The third-order valence-corrected chi connectivity index (χ3v) is 5.62. The Hall–Kier alpha value is -1.85. The maximum Gasteiger partial charge on any atom is 0.227 e. The summed E-state index contributed by atoms with van der Waals surface area (Å²) >= 11 is 6.21. The number of halogens is 1. The van der Waals surface area contributed by atoms with Gasteiger partial charge in [0.25, 0.3) is 0 Å². The topological polar surface area (TPSA) is 47.4 Å². The van der Waals surface area contributed by atoms with E-state index in [1.807, 2.05) is 38.6 Å². The van der Waals surface area contributed by atoms with Crippen LogP contribution in [0.1, 0.15) is 35.5 Å². The number of rotatable bonds is 5. The zero-order valence-electron chi connectivity index (χ0n) is 15.8. The van der Waals surface area contributed by atoms with Crippen LogP contribution in [0.4, 0.5) is 0 Å². The molecule has 0 spiro atoms. The average molecular weight is 376 g/mol. The van der Waals surface area contributed by atoms with E-state index in [0.717, 1.165) is 17.8 Å². The summed E-state index contributed by atoms with van der Waals surface area (Å²) in [5, 5.41) is 5.10. The summed E-state index contributed by atoms with van der Waals surface area (Å²) in [5.41, 5.74) is 4.20. The van der Waals surface area contributed by atoms with Crippen molar-refractivity contribution in [3.8, 4) is 0 Å². The molecule has 3 rings (SSSR count). The monoisotopic (exact) mass is 375 g/mol. The molecule has 0 aliphatic carbocycles. The van der Waals surface area contributed by atoms with E-state index in [1.165, 1.54) is 11.1 Å². The molecular formula is C20H26ClN3O2. The second kappa shape index (κ2) is 7.80. The lowest BCUT2D eigenvalue weighted by Crippen LogP contribution is -2.38. The van der Waals surface area contributed by atoms with Crippen LogP contribution in [0.2, 0.25) is 5.02 Å². The summed E-state index contributed by atoms with van der Waals surface area (Å²) in [6, 6.07) is 8.32. The maximum atomic E-state index is 12.8. The summed E-state index contributed by atoms with van der Waals surface area (Å²) in [4.78, 5) is 14.6. The Balaban J connectivity index is 1.65. The molecular weight excluding hydrogens is 350 g/mol. The number of hydrogen-bond acceptors (Lipinski definition) is 3. The highest BCUT2D eigenvalue weighted by atomic mass is 35.5. The number of ether oxygens (including phenoxy) is 1. The summed E-state index contributed by atoms with van der Waals surface area (Å²) < 4.78 is 7.75. The number of carbonyl (C=O) groups excluding carboxylic acids is 1. The van der Waals surface area contributed by atoms with Crippen LogP contribution in [-0.2, 0) is 22.5 Å². The van der Waals surface area contributed by atoms with Crippen LogP contribution in [0.3, 0.4) is 0 Å². The number of aromatic nitrogens is 2. The second-order valence-electron chi connectivity index (χ2n) is 7.09. The lowest BCUT2D eigenvalue weighted by Gasteiger charge is -2.30. The molecule has 2 unspecified atom stereocenters. The minimum Gasteiger partial charge on any atom is -0.371 e. The maximum absolute atomic E-state index is 12.8. The first-order valence-electron chi connectivity index (χ1n) is 9.02. The van der Waals surface area contributed by atoms with Gasteiger partial charge in [0, 0.05) is 7.05 Å². The third kappa shape index (κ3) is 3.79. The lowest BCUT2D eigenvalue weighted by molar-refractivity contribution is -0.136. The Morgan fingerprint density at radius 1 is 1.42 bits per heavy atom. The molecule has 2 heterocycles. The number of amides is 1. The van der Waals surface area contributed by atoms with E-state index in [0.29, 0.717) is 24.7 Å². The number of carbonyl (C=O) groups is 1. The van der Waals surface area contributed by atoms with E-state index in [1.54, 1.807) is 4.90 Å². The van der Waals surface area contributed by atoms with Gasteiger partial charge in [0.1, 0.15) is 6.10 Å². The molecule has 140 valence electrons. The van der Waals surface area contributed by atoms with E-state index in [2.05, 4.69) is 23.3 Å². The Morgan fingerprint density at radius 3 is 2.85 bits per heavy atom. The summed E-state index contributed by atoms with van der Waals surface area (Å²) in [6.07, 6.45) is 0.864. The number of benzene rings is 1. The average Bonchev–Trinajstić information content (AvgIpc) is 2.88. The third-order valence-electron chi connectivity index (χ3n) is 5.07. The van der Waals surface area contributed by atoms with Crippen LogP contribution in [0.15, 0.2) is 24.3 Å². The molecule has 0 fully saturated rings. The SMILES string of the molecule is Cc1nn(CC(C)C(=O)N(C)CC2OCCc3ccccc32)c(C)c1Cl. The summed E-state index contributed by atoms with van der Waals surface area (Å²) in [6.45, 7) is 7.50. The fourth-order valence-electron chi connectivity index (χ4n) is 3.53. The first kappa shape index (κ1) is 18.9. The van der Waals surface area contributed by atoms with Crippen molar-refractivity contribution in [3.63, 3.8) is 0 Å². The van der Waals surface area contributed by atoms with Crippen LogP contribution in [0.25, 0.3) is 0 Å². The molecule has 2 atom stereocenters. The van der Waals surface area contributed by atoms with E-state index in [9.17, 15) is 4.79 Å². The molecule has 6 heteroatoms. The van der Waals surface area contributed by atoms with Crippen molar-refractivity contribution in [1.82, 2.24) is 14.7 Å². The van der Waals surface area contributed by atoms with Gasteiger partial charge in [0.2, 0.25) is 5.91 Å². The fourth-order valence-corrected chi connectivity index (χ4v) is 3.67. The first-order chi connectivity index (χ1) is 12.4. The Morgan fingerprint density at radius 2 is 2.15 bits per heavy atom. The Labute approximate surface area is 159 Å². The fraction of sp³-hybridized carbons (Fsp3) is 0.500. The highest BCUT2D eigenvalue weighted by Crippen LogP contribution is 2.28. The standard InChI is InChI=1S/C20H26ClN3O2/c1-13(11-24-15(3)19(21)14(2)22-24)20(25)23(4)12-18-17-8-6-5-7-16(17)9-10-26-18/h5-8,13,18H,9-12H2,1-4H3. The second-order valence-corrected chi connectivity index (χ2v) is 7.47. The van der Waals surface area contributed by atoms with Crippen molar-refractivity contribution < 1.29 is 9.53 Å².